The summed E-state index contributed by atoms with van der Waals surface area (Å²) in [5.74, 6) is 0. The molecule has 0 radical (unpaired) electrons. The monoisotopic (exact) mass is 434 g/mol. The molecule has 0 bridgehead atoms. The zero-order chi connectivity index (χ0) is 22.0. The van der Waals surface area contributed by atoms with Crippen molar-refractivity contribution in [3.63, 3.8) is 0 Å². The first-order valence-corrected chi connectivity index (χ1v) is 10.9. The maximum Gasteiger partial charge on any atom is 0.186 e. The van der Waals surface area contributed by atoms with Crippen LogP contribution in [0.2, 0.25) is 0 Å². The molecule has 0 N–H and O–H groups in total. The lowest BCUT2D eigenvalue weighted by atomic mass is 10.1. The van der Waals surface area contributed by atoms with Crippen molar-refractivity contribution in [2.24, 2.45) is 0 Å². The molecule has 4 rings (SSSR count). The maximum absolute atomic E-state index is 6.33. The van der Waals surface area contributed by atoms with Crippen LogP contribution < -0.4 is 0 Å². The molecular formula is C27H30O5. The van der Waals surface area contributed by atoms with Gasteiger partial charge in [-0.25, -0.2) is 0 Å². The minimum absolute atomic E-state index is 0.298. The van der Waals surface area contributed by atoms with Crippen molar-refractivity contribution in [1.82, 2.24) is 0 Å². The van der Waals surface area contributed by atoms with E-state index >= 15 is 0 Å². The van der Waals surface area contributed by atoms with Crippen LogP contribution in [0.4, 0.5) is 0 Å². The lowest BCUT2D eigenvalue weighted by Gasteiger charge is -2.24. The van der Waals surface area contributed by atoms with Gasteiger partial charge >= 0.3 is 0 Å². The second kappa shape index (κ2) is 11.9. The predicted octanol–water partition coefficient (Wildman–Crippen LogP) is 4.75. The highest BCUT2D eigenvalue weighted by Gasteiger charge is 2.46. The molecule has 0 amide bonds. The first-order chi connectivity index (χ1) is 15.8. The van der Waals surface area contributed by atoms with Crippen LogP contribution in [0.1, 0.15) is 16.7 Å². The summed E-state index contributed by atoms with van der Waals surface area (Å²) in [6.07, 6.45) is -1.51. The summed E-state index contributed by atoms with van der Waals surface area (Å²) >= 11 is 0. The number of hydrogen-bond donors (Lipinski definition) is 0. The molecular weight excluding hydrogens is 404 g/mol. The minimum atomic E-state index is -0.523. The van der Waals surface area contributed by atoms with Crippen LogP contribution >= 0.6 is 0 Å². The van der Waals surface area contributed by atoms with Crippen LogP contribution in [0.25, 0.3) is 0 Å². The second-order valence-corrected chi connectivity index (χ2v) is 7.80. The number of hydrogen-bond acceptors (Lipinski definition) is 5. The van der Waals surface area contributed by atoms with Gasteiger partial charge < -0.3 is 23.7 Å². The molecule has 1 saturated heterocycles. The fraction of sp³-hybridized carbons (Fsp3) is 0.333. The van der Waals surface area contributed by atoms with Gasteiger partial charge in [-0.1, -0.05) is 91.0 Å². The molecule has 32 heavy (non-hydrogen) atoms. The number of benzene rings is 3. The van der Waals surface area contributed by atoms with E-state index in [1.807, 2.05) is 91.0 Å². The van der Waals surface area contributed by atoms with Crippen LogP contribution in [-0.2, 0) is 43.5 Å². The third-order valence-electron chi connectivity index (χ3n) is 5.46. The summed E-state index contributed by atoms with van der Waals surface area (Å²) < 4.78 is 30.3. The van der Waals surface area contributed by atoms with E-state index < -0.39 is 6.29 Å². The van der Waals surface area contributed by atoms with Gasteiger partial charge in [0.2, 0.25) is 0 Å². The van der Waals surface area contributed by atoms with Gasteiger partial charge in [0.15, 0.2) is 6.29 Å². The van der Waals surface area contributed by atoms with Crippen molar-refractivity contribution in [1.29, 1.82) is 0 Å². The van der Waals surface area contributed by atoms with Crippen LogP contribution in [-0.4, -0.2) is 38.3 Å². The van der Waals surface area contributed by atoms with Crippen LogP contribution in [0.15, 0.2) is 91.0 Å². The Hall–Kier alpha value is -2.54. The largest absolute Gasteiger partial charge is 0.374 e. The normalized spacial score (nSPS) is 22.8. The molecule has 5 nitrogen and oxygen atoms in total. The van der Waals surface area contributed by atoms with Crippen LogP contribution in [0.5, 0.6) is 0 Å². The first-order valence-electron chi connectivity index (χ1n) is 10.9. The Balaban J connectivity index is 1.42. The van der Waals surface area contributed by atoms with Crippen molar-refractivity contribution in [3.8, 4) is 0 Å². The molecule has 4 atom stereocenters. The van der Waals surface area contributed by atoms with E-state index in [4.69, 9.17) is 23.7 Å². The van der Waals surface area contributed by atoms with Gasteiger partial charge in [-0.15, -0.1) is 0 Å². The van der Waals surface area contributed by atoms with Crippen LogP contribution in [0.3, 0.4) is 0 Å². The van der Waals surface area contributed by atoms with Gasteiger partial charge in [0, 0.05) is 7.11 Å². The Morgan fingerprint density at radius 2 is 1.09 bits per heavy atom. The van der Waals surface area contributed by atoms with Gasteiger partial charge in [0.25, 0.3) is 0 Å². The molecule has 1 fully saturated rings. The standard InChI is InChI=1S/C27H30O5/c1-28-27-26(31-19-23-15-9-4-10-16-23)25(30-18-22-13-7-3-8-14-22)24(32-27)20-29-17-21-11-5-2-6-12-21/h2-16,24-27H,17-20H2,1H3/t24-,25+,26?,27?/m1/s1. The third-order valence-corrected chi connectivity index (χ3v) is 5.46. The molecule has 1 heterocycles. The fourth-order valence-electron chi connectivity index (χ4n) is 3.79. The van der Waals surface area contributed by atoms with Gasteiger partial charge in [-0.2, -0.15) is 0 Å². The summed E-state index contributed by atoms with van der Waals surface area (Å²) in [7, 11) is 1.63. The Morgan fingerprint density at radius 3 is 1.59 bits per heavy atom. The Morgan fingerprint density at radius 1 is 0.625 bits per heavy atom. The Bertz CT molecular complexity index is 903. The zero-order valence-electron chi connectivity index (χ0n) is 18.3. The summed E-state index contributed by atoms with van der Waals surface area (Å²) in [5.41, 5.74) is 3.31. The molecule has 168 valence electrons. The molecule has 5 heteroatoms. The van der Waals surface area contributed by atoms with E-state index in [1.165, 1.54) is 0 Å². The molecule has 3 aromatic carbocycles. The topological polar surface area (TPSA) is 46.2 Å². The molecule has 3 aromatic rings. The Kier molecular flexibility index (Phi) is 8.42. The maximum atomic E-state index is 6.33. The smallest absolute Gasteiger partial charge is 0.186 e. The average molecular weight is 435 g/mol. The van der Waals surface area contributed by atoms with E-state index in [-0.39, 0.29) is 18.3 Å². The SMILES string of the molecule is COC1O[C@H](COCc2ccccc2)[C@H](OCc2ccccc2)C1OCc1ccccc1. The predicted molar refractivity (Wildman–Crippen MR) is 122 cm³/mol. The quantitative estimate of drug-likeness (QED) is 0.436. The molecule has 1 aliphatic rings. The van der Waals surface area contributed by atoms with Crippen LogP contribution in [0, 0.1) is 0 Å². The number of rotatable bonds is 11. The van der Waals surface area contributed by atoms with Gasteiger partial charge in [-0.05, 0) is 16.7 Å². The minimum Gasteiger partial charge on any atom is -0.374 e. The van der Waals surface area contributed by atoms with E-state index in [0.717, 1.165) is 16.7 Å². The highest BCUT2D eigenvalue weighted by molar-refractivity contribution is 5.15. The summed E-state index contributed by atoms with van der Waals surface area (Å²) in [6.45, 7) is 1.82. The summed E-state index contributed by atoms with van der Waals surface area (Å²) in [5, 5.41) is 0. The zero-order valence-corrected chi connectivity index (χ0v) is 18.3. The fourth-order valence-corrected chi connectivity index (χ4v) is 3.79. The number of methoxy groups -OCH3 is 1. The number of ether oxygens (including phenoxy) is 5. The van der Waals surface area contributed by atoms with Crippen molar-refractivity contribution >= 4 is 0 Å². The summed E-state index contributed by atoms with van der Waals surface area (Å²) in [4.78, 5) is 0. The van der Waals surface area contributed by atoms with E-state index in [1.54, 1.807) is 7.11 Å². The summed E-state index contributed by atoms with van der Waals surface area (Å²) in [6, 6.07) is 30.3. The lowest BCUT2D eigenvalue weighted by Crippen LogP contribution is -2.39. The highest BCUT2D eigenvalue weighted by Crippen LogP contribution is 2.29. The van der Waals surface area contributed by atoms with Crippen molar-refractivity contribution in [2.75, 3.05) is 13.7 Å². The van der Waals surface area contributed by atoms with E-state index in [9.17, 15) is 0 Å². The lowest BCUT2D eigenvalue weighted by molar-refractivity contribution is -0.170. The molecule has 0 spiro atoms. The average Bonchev–Trinajstić information content (AvgIpc) is 3.19. The van der Waals surface area contributed by atoms with E-state index in [2.05, 4.69) is 0 Å². The van der Waals surface area contributed by atoms with Gasteiger partial charge in [0.1, 0.15) is 18.3 Å². The van der Waals surface area contributed by atoms with Gasteiger partial charge in [0.05, 0.1) is 26.4 Å². The molecule has 0 saturated carbocycles. The first kappa shape index (κ1) is 22.6. The second-order valence-electron chi connectivity index (χ2n) is 7.80. The molecule has 1 aliphatic heterocycles. The Labute approximate surface area is 189 Å². The molecule has 0 aromatic heterocycles. The van der Waals surface area contributed by atoms with Crippen molar-refractivity contribution < 1.29 is 23.7 Å². The van der Waals surface area contributed by atoms with Crippen molar-refractivity contribution in [3.05, 3.63) is 108 Å². The van der Waals surface area contributed by atoms with E-state index in [0.29, 0.717) is 26.4 Å². The molecule has 2 unspecified atom stereocenters. The highest BCUT2D eigenvalue weighted by atomic mass is 16.7. The third kappa shape index (κ3) is 6.25. The van der Waals surface area contributed by atoms with Gasteiger partial charge in [-0.3, -0.25) is 0 Å². The van der Waals surface area contributed by atoms with Crippen molar-refractivity contribution in [2.45, 2.75) is 44.4 Å². The molecule has 0 aliphatic carbocycles.